The molecular formula is C12H13ClN2O2. The molecule has 0 aliphatic heterocycles. The Morgan fingerprint density at radius 3 is 2.82 bits per heavy atom. The lowest BCUT2D eigenvalue weighted by Gasteiger charge is -2.10. The number of hydrogen-bond donors (Lipinski definition) is 1. The van der Waals surface area contributed by atoms with Crippen LogP contribution in [-0.4, -0.2) is 18.6 Å². The molecule has 0 fully saturated rings. The predicted molar refractivity (Wildman–Crippen MR) is 65.9 cm³/mol. The van der Waals surface area contributed by atoms with Gasteiger partial charge in [0.15, 0.2) is 0 Å². The lowest BCUT2D eigenvalue weighted by atomic mass is 10.2. The number of nitriles is 1. The summed E-state index contributed by atoms with van der Waals surface area (Å²) >= 11 is 5.93. The molecule has 0 saturated heterocycles. The molecule has 1 N–H and O–H groups in total. The highest BCUT2D eigenvalue weighted by Crippen LogP contribution is 2.22. The average molecular weight is 253 g/mol. The van der Waals surface area contributed by atoms with Gasteiger partial charge in [-0.25, -0.2) is 0 Å². The third-order valence-electron chi connectivity index (χ3n) is 1.89. The van der Waals surface area contributed by atoms with Gasteiger partial charge in [-0.2, -0.15) is 5.26 Å². The molecule has 0 unspecified atom stereocenters. The minimum Gasteiger partial charge on any atom is -0.462 e. The summed E-state index contributed by atoms with van der Waals surface area (Å²) in [6.45, 7) is 3.61. The first-order chi connectivity index (χ1) is 8.02. The van der Waals surface area contributed by atoms with Crippen molar-refractivity contribution in [1.82, 2.24) is 0 Å². The van der Waals surface area contributed by atoms with Crippen molar-refractivity contribution >= 4 is 23.3 Å². The number of benzene rings is 1. The van der Waals surface area contributed by atoms with Crippen molar-refractivity contribution in [2.75, 3.05) is 11.9 Å². The van der Waals surface area contributed by atoms with Crippen LogP contribution in [0.1, 0.15) is 19.4 Å². The Morgan fingerprint density at radius 1 is 1.59 bits per heavy atom. The molecule has 1 rings (SSSR count). The van der Waals surface area contributed by atoms with E-state index in [1.54, 1.807) is 26.0 Å². The van der Waals surface area contributed by atoms with Crippen LogP contribution in [0.3, 0.4) is 0 Å². The number of anilines is 1. The van der Waals surface area contributed by atoms with E-state index in [0.717, 1.165) is 0 Å². The molecule has 0 spiro atoms. The fourth-order valence-corrected chi connectivity index (χ4v) is 1.45. The van der Waals surface area contributed by atoms with E-state index in [4.69, 9.17) is 21.6 Å². The summed E-state index contributed by atoms with van der Waals surface area (Å²) in [7, 11) is 0. The number of ether oxygens (including phenoxy) is 1. The molecule has 0 aromatic heterocycles. The summed E-state index contributed by atoms with van der Waals surface area (Å²) in [4.78, 5) is 11.3. The van der Waals surface area contributed by atoms with Gasteiger partial charge in [-0.15, -0.1) is 0 Å². The van der Waals surface area contributed by atoms with Gasteiger partial charge in [-0.3, -0.25) is 4.79 Å². The van der Waals surface area contributed by atoms with Gasteiger partial charge in [0.1, 0.15) is 6.54 Å². The second-order valence-electron chi connectivity index (χ2n) is 3.70. The second-order valence-corrected chi connectivity index (χ2v) is 4.11. The zero-order valence-corrected chi connectivity index (χ0v) is 10.4. The first-order valence-corrected chi connectivity index (χ1v) is 5.53. The molecule has 0 aliphatic rings. The Bertz CT molecular complexity index is 452. The molecule has 0 atom stereocenters. The van der Waals surface area contributed by atoms with E-state index in [1.807, 2.05) is 6.07 Å². The Kier molecular flexibility index (Phi) is 4.80. The fourth-order valence-electron chi connectivity index (χ4n) is 1.20. The van der Waals surface area contributed by atoms with Crippen molar-refractivity contribution in [2.45, 2.75) is 20.0 Å². The summed E-state index contributed by atoms with van der Waals surface area (Å²) in [5.74, 6) is -0.347. The van der Waals surface area contributed by atoms with Crippen molar-refractivity contribution in [3.05, 3.63) is 28.8 Å². The third kappa shape index (κ3) is 4.33. The van der Waals surface area contributed by atoms with E-state index in [2.05, 4.69) is 5.32 Å². The van der Waals surface area contributed by atoms with Gasteiger partial charge in [-0.1, -0.05) is 11.6 Å². The van der Waals surface area contributed by atoms with Gasteiger partial charge in [0, 0.05) is 0 Å². The molecule has 0 bridgehead atoms. The third-order valence-corrected chi connectivity index (χ3v) is 2.20. The van der Waals surface area contributed by atoms with Gasteiger partial charge in [0.05, 0.1) is 28.4 Å². The molecule has 1 aromatic rings. The smallest absolute Gasteiger partial charge is 0.325 e. The number of esters is 1. The van der Waals surface area contributed by atoms with E-state index in [-0.39, 0.29) is 18.6 Å². The summed E-state index contributed by atoms with van der Waals surface area (Å²) in [5.41, 5.74) is 1.08. The largest absolute Gasteiger partial charge is 0.462 e. The Hall–Kier alpha value is -1.73. The Morgan fingerprint density at radius 2 is 2.29 bits per heavy atom. The van der Waals surface area contributed by atoms with Crippen LogP contribution in [0.2, 0.25) is 5.02 Å². The quantitative estimate of drug-likeness (QED) is 0.837. The highest BCUT2D eigenvalue weighted by atomic mass is 35.5. The maximum atomic E-state index is 11.3. The van der Waals surface area contributed by atoms with Crippen LogP contribution in [0.4, 0.5) is 5.69 Å². The number of hydrogen-bond acceptors (Lipinski definition) is 4. The Balaban J connectivity index is 2.58. The molecule has 90 valence electrons. The number of carbonyl (C=O) groups is 1. The zero-order chi connectivity index (χ0) is 12.8. The number of nitrogens with zero attached hydrogens (tertiary/aromatic N) is 1. The average Bonchev–Trinajstić information content (AvgIpc) is 2.26. The summed E-state index contributed by atoms with van der Waals surface area (Å²) < 4.78 is 4.96. The molecule has 5 heteroatoms. The van der Waals surface area contributed by atoms with Crippen LogP contribution in [0.5, 0.6) is 0 Å². The molecule has 0 saturated carbocycles. The summed E-state index contributed by atoms with van der Waals surface area (Å²) in [5, 5.41) is 11.9. The fraction of sp³-hybridized carbons (Fsp3) is 0.333. The molecule has 0 heterocycles. The number of rotatable bonds is 4. The van der Waals surface area contributed by atoms with E-state index >= 15 is 0 Å². The SMILES string of the molecule is CC(C)OC(=O)CNc1ccc(C#N)cc1Cl. The van der Waals surface area contributed by atoms with Crippen LogP contribution >= 0.6 is 11.6 Å². The van der Waals surface area contributed by atoms with Gasteiger partial charge in [-0.05, 0) is 32.0 Å². The standard InChI is InChI=1S/C12H13ClN2O2/c1-8(2)17-12(16)7-15-11-4-3-9(6-14)5-10(11)13/h3-5,8,15H,7H2,1-2H3. The minimum absolute atomic E-state index is 0.0454. The first kappa shape index (κ1) is 13.3. The molecule has 17 heavy (non-hydrogen) atoms. The molecule has 0 amide bonds. The topological polar surface area (TPSA) is 62.1 Å². The van der Waals surface area contributed by atoms with E-state index in [0.29, 0.717) is 16.3 Å². The zero-order valence-electron chi connectivity index (χ0n) is 9.66. The van der Waals surface area contributed by atoms with Gasteiger partial charge < -0.3 is 10.1 Å². The molecule has 1 aromatic carbocycles. The highest BCUT2D eigenvalue weighted by molar-refractivity contribution is 6.33. The summed E-state index contributed by atoms with van der Waals surface area (Å²) in [6, 6.07) is 6.80. The van der Waals surface area contributed by atoms with Crippen LogP contribution in [-0.2, 0) is 9.53 Å². The minimum atomic E-state index is -0.347. The van der Waals surface area contributed by atoms with Gasteiger partial charge in [0.25, 0.3) is 0 Å². The monoisotopic (exact) mass is 252 g/mol. The van der Waals surface area contributed by atoms with Crippen molar-refractivity contribution in [2.24, 2.45) is 0 Å². The van der Waals surface area contributed by atoms with Crippen molar-refractivity contribution in [1.29, 1.82) is 5.26 Å². The first-order valence-electron chi connectivity index (χ1n) is 5.16. The van der Waals surface area contributed by atoms with E-state index < -0.39 is 0 Å². The van der Waals surface area contributed by atoms with Gasteiger partial charge in [0.2, 0.25) is 0 Å². The lowest BCUT2D eigenvalue weighted by molar-refractivity contribution is -0.145. The molecule has 4 nitrogen and oxygen atoms in total. The highest BCUT2D eigenvalue weighted by Gasteiger charge is 2.07. The molecule has 0 radical (unpaired) electrons. The molecular weight excluding hydrogens is 240 g/mol. The molecule has 0 aliphatic carbocycles. The van der Waals surface area contributed by atoms with Crippen LogP contribution in [0.25, 0.3) is 0 Å². The maximum absolute atomic E-state index is 11.3. The number of nitrogens with one attached hydrogen (secondary N) is 1. The van der Waals surface area contributed by atoms with Crippen LogP contribution < -0.4 is 5.32 Å². The van der Waals surface area contributed by atoms with Crippen LogP contribution in [0, 0.1) is 11.3 Å². The van der Waals surface area contributed by atoms with E-state index in [9.17, 15) is 4.79 Å². The Labute approximate surface area is 105 Å². The van der Waals surface area contributed by atoms with Gasteiger partial charge >= 0.3 is 5.97 Å². The van der Waals surface area contributed by atoms with E-state index in [1.165, 1.54) is 6.07 Å². The van der Waals surface area contributed by atoms with Crippen LogP contribution in [0.15, 0.2) is 18.2 Å². The lowest BCUT2D eigenvalue weighted by Crippen LogP contribution is -2.20. The summed E-state index contributed by atoms with van der Waals surface area (Å²) in [6.07, 6.45) is -0.138. The maximum Gasteiger partial charge on any atom is 0.325 e. The normalized spacial score (nSPS) is 9.82. The predicted octanol–water partition coefficient (Wildman–Crippen LogP) is 2.58. The van der Waals surface area contributed by atoms with Crippen molar-refractivity contribution < 1.29 is 9.53 Å². The van der Waals surface area contributed by atoms with Crippen molar-refractivity contribution in [3.8, 4) is 6.07 Å². The number of halogens is 1. The number of carbonyl (C=O) groups excluding carboxylic acids is 1. The second kappa shape index (κ2) is 6.12. The van der Waals surface area contributed by atoms with Crippen molar-refractivity contribution in [3.63, 3.8) is 0 Å².